The number of hydrogen-bond donors (Lipinski definition) is 1. The number of nitrogens with one attached hydrogen (secondary N) is 1. The SMILES string of the molecule is Cc1nocc1CNC[C@@H]1CCCO[C@H]1c1nccn1C. The summed E-state index contributed by atoms with van der Waals surface area (Å²) in [6, 6.07) is 0. The fraction of sp³-hybridized carbons (Fsp3) is 0.600. The van der Waals surface area contributed by atoms with Crippen molar-refractivity contribution >= 4 is 0 Å². The van der Waals surface area contributed by atoms with Crippen LogP contribution in [0.25, 0.3) is 0 Å². The van der Waals surface area contributed by atoms with Crippen molar-refractivity contribution < 1.29 is 9.26 Å². The third-order valence-corrected chi connectivity index (χ3v) is 4.13. The third kappa shape index (κ3) is 3.16. The molecule has 3 heterocycles. The van der Waals surface area contributed by atoms with Gasteiger partial charge in [0, 0.05) is 50.6 Å². The summed E-state index contributed by atoms with van der Waals surface area (Å²) in [5.74, 6) is 1.46. The molecule has 0 saturated carbocycles. The molecule has 1 fully saturated rings. The van der Waals surface area contributed by atoms with Gasteiger partial charge in [-0.2, -0.15) is 0 Å². The van der Waals surface area contributed by atoms with Gasteiger partial charge in [0.2, 0.25) is 0 Å². The molecule has 21 heavy (non-hydrogen) atoms. The molecule has 0 amide bonds. The number of nitrogens with zero attached hydrogens (tertiary/aromatic N) is 3. The van der Waals surface area contributed by atoms with Gasteiger partial charge in [-0.3, -0.25) is 0 Å². The van der Waals surface area contributed by atoms with Gasteiger partial charge in [-0.15, -0.1) is 0 Å². The molecule has 6 heteroatoms. The zero-order valence-corrected chi connectivity index (χ0v) is 12.6. The van der Waals surface area contributed by atoms with Crippen LogP contribution in [0.15, 0.2) is 23.2 Å². The fourth-order valence-electron chi connectivity index (χ4n) is 2.86. The smallest absolute Gasteiger partial charge is 0.137 e. The van der Waals surface area contributed by atoms with Crippen molar-refractivity contribution in [3.8, 4) is 0 Å². The molecule has 1 N–H and O–H groups in total. The van der Waals surface area contributed by atoms with E-state index in [1.807, 2.05) is 30.9 Å². The Hall–Kier alpha value is -1.66. The summed E-state index contributed by atoms with van der Waals surface area (Å²) in [7, 11) is 2.02. The lowest BCUT2D eigenvalue weighted by molar-refractivity contribution is -0.0344. The van der Waals surface area contributed by atoms with Gasteiger partial charge in [0.1, 0.15) is 18.2 Å². The molecule has 2 aromatic rings. The lowest BCUT2D eigenvalue weighted by atomic mass is 9.93. The van der Waals surface area contributed by atoms with E-state index >= 15 is 0 Å². The van der Waals surface area contributed by atoms with Gasteiger partial charge in [-0.25, -0.2) is 4.98 Å². The van der Waals surface area contributed by atoms with Crippen LogP contribution in [-0.4, -0.2) is 27.9 Å². The minimum atomic E-state index is 0.0785. The van der Waals surface area contributed by atoms with E-state index in [2.05, 4.69) is 15.5 Å². The van der Waals surface area contributed by atoms with Crippen LogP contribution in [0.1, 0.15) is 36.0 Å². The van der Waals surface area contributed by atoms with Crippen LogP contribution < -0.4 is 5.32 Å². The Bertz CT molecular complexity index is 578. The average Bonchev–Trinajstić information content (AvgIpc) is 3.09. The van der Waals surface area contributed by atoms with Crippen LogP contribution in [-0.2, 0) is 18.3 Å². The van der Waals surface area contributed by atoms with Gasteiger partial charge < -0.3 is 19.1 Å². The van der Waals surface area contributed by atoms with E-state index in [1.54, 1.807) is 6.26 Å². The maximum absolute atomic E-state index is 5.97. The molecule has 2 atom stereocenters. The number of aromatic nitrogens is 3. The van der Waals surface area contributed by atoms with Gasteiger partial charge in [-0.1, -0.05) is 5.16 Å². The number of imidazole rings is 1. The summed E-state index contributed by atoms with van der Waals surface area (Å²) >= 11 is 0. The van der Waals surface area contributed by atoms with Gasteiger partial charge in [0.05, 0.1) is 5.69 Å². The number of aryl methyl sites for hydroxylation is 2. The summed E-state index contributed by atoms with van der Waals surface area (Å²) in [4.78, 5) is 4.45. The monoisotopic (exact) mass is 290 g/mol. The van der Waals surface area contributed by atoms with Crippen LogP contribution in [0.4, 0.5) is 0 Å². The molecular formula is C15H22N4O2. The van der Waals surface area contributed by atoms with Gasteiger partial charge >= 0.3 is 0 Å². The Balaban J connectivity index is 1.60. The molecule has 1 aliphatic heterocycles. The minimum absolute atomic E-state index is 0.0785. The molecule has 1 saturated heterocycles. The Morgan fingerprint density at radius 2 is 2.38 bits per heavy atom. The predicted molar refractivity (Wildman–Crippen MR) is 77.6 cm³/mol. The number of ether oxygens (including phenoxy) is 1. The Kier molecular flexibility index (Phi) is 4.36. The Morgan fingerprint density at radius 3 is 3.10 bits per heavy atom. The summed E-state index contributed by atoms with van der Waals surface area (Å²) in [6.07, 6.45) is 7.86. The predicted octanol–water partition coefficient (Wildman–Crippen LogP) is 1.97. The van der Waals surface area contributed by atoms with Gasteiger partial charge in [-0.05, 0) is 19.8 Å². The van der Waals surface area contributed by atoms with Crippen molar-refractivity contribution in [1.29, 1.82) is 0 Å². The zero-order chi connectivity index (χ0) is 14.7. The van der Waals surface area contributed by atoms with Crippen molar-refractivity contribution in [2.75, 3.05) is 13.2 Å². The topological polar surface area (TPSA) is 65.1 Å². The highest BCUT2D eigenvalue weighted by Gasteiger charge is 2.29. The fourth-order valence-corrected chi connectivity index (χ4v) is 2.86. The molecule has 114 valence electrons. The van der Waals surface area contributed by atoms with Gasteiger partial charge in [0.25, 0.3) is 0 Å². The summed E-state index contributed by atoms with van der Waals surface area (Å²) < 4.78 is 13.0. The maximum Gasteiger partial charge on any atom is 0.137 e. The first-order valence-corrected chi connectivity index (χ1v) is 7.45. The molecule has 0 spiro atoms. The number of rotatable bonds is 5. The van der Waals surface area contributed by atoms with Crippen LogP contribution in [0.5, 0.6) is 0 Å². The normalized spacial score (nSPS) is 22.6. The summed E-state index contributed by atoms with van der Waals surface area (Å²) in [6.45, 7) is 4.46. The summed E-state index contributed by atoms with van der Waals surface area (Å²) in [5.41, 5.74) is 2.06. The molecule has 0 aromatic carbocycles. The molecule has 0 bridgehead atoms. The van der Waals surface area contributed by atoms with Crippen molar-refractivity contribution in [3.63, 3.8) is 0 Å². The maximum atomic E-state index is 5.97. The first-order valence-electron chi connectivity index (χ1n) is 7.45. The molecule has 2 aromatic heterocycles. The largest absolute Gasteiger partial charge is 0.370 e. The third-order valence-electron chi connectivity index (χ3n) is 4.13. The van der Waals surface area contributed by atoms with E-state index in [1.165, 1.54) is 0 Å². The zero-order valence-electron chi connectivity index (χ0n) is 12.6. The lowest BCUT2D eigenvalue weighted by Crippen LogP contribution is -2.33. The van der Waals surface area contributed by atoms with Crippen molar-refractivity contribution in [1.82, 2.24) is 20.0 Å². The van der Waals surface area contributed by atoms with Gasteiger partial charge in [0.15, 0.2) is 0 Å². The molecular weight excluding hydrogens is 268 g/mol. The molecule has 3 rings (SSSR count). The summed E-state index contributed by atoms with van der Waals surface area (Å²) in [5, 5.41) is 7.39. The second kappa shape index (κ2) is 6.41. The van der Waals surface area contributed by atoms with Crippen molar-refractivity contribution in [2.45, 2.75) is 32.4 Å². The standard InChI is InChI=1S/C15H22N4O2/c1-11-13(10-21-18-11)9-16-8-12-4-3-7-20-14(12)15-17-5-6-19(15)2/h5-6,10,12,14,16H,3-4,7-9H2,1-2H3/t12-,14+/m0/s1. The van der Waals surface area contributed by atoms with Crippen molar-refractivity contribution in [2.24, 2.45) is 13.0 Å². The van der Waals surface area contributed by atoms with E-state index in [4.69, 9.17) is 9.26 Å². The van der Waals surface area contributed by atoms with E-state index in [-0.39, 0.29) is 6.10 Å². The minimum Gasteiger partial charge on any atom is -0.370 e. The van der Waals surface area contributed by atoms with E-state index < -0.39 is 0 Å². The molecule has 0 unspecified atom stereocenters. The molecule has 0 radical (unpaired) electrons. The van der Waals surface area contributed by atoms with Crippen LogP contribution in [0.2, 0.25) is 0 Å². The highest BCUT2D eigenvalue weighted by atomic mass is 16.5. The van der Waals surface area contributed by atoms with Crippen LogP contribution in [0.3, 0.4) is 0 Å². The quantitative estimate of drug-likeness (QED) is 0.912. The molecule has 0 aliphatic carbocycles. The highest BCUT2D eigenvalue weighted by molar-refractivity contribution is 5.12. The van der Waals surface area contributed by atoms with Crippen LogP contribution >= 0.6 is 0 Å². The Morgan fingerprint density at radius 1 is 1.48 bits per heavy atom. The first-order chi connectivity index (χ1) is 10.3. The van der Waals surface area contributed by atoms with Crippen molar-refractivity contribution in [3.05, 3.63) is 35.7 Å². The highest BCUT2D eigenvalue weighted by Crippen LogP contribution is 2.32. The second-order valence-electron chi connectivity index (χ2n) is 5.65. The Labute approximate surface area is 124 Å². The van der Waals surface area contributed by atoms with E-state index in [0.29, 0.717) is 5.92 Å². The lowest BCUT2D eigenvalue weighted by Gasteiger charge is -2.31. The van der Waals surface area contributed by atoms with E-state index in [9.17, 15) is 0 Å². The average molecular weight is 290 g/mol. The molecule has 1 aliphatic rings. The van der Waals surface area contributed by atoms with E-state index in [0.717, 1.165) is 49.6 Å². The second-order valence-corrected chi connectivity index (χ2v) is 5.65. The number of hydrogen-bond acceptors (Lipinski definition) is 5. The van der Waals surface area contributed by atoms with Crippen LogP contribution in [0, 0.1) is 12.8 Å². The molecule has 6 nitrogen and oxygen atoms in total. The first kappa shape index (κ1) is 14.3.